The summed E-state index contributed by atoms with van der Waals surface area (Å²) in [5.74, 6) is 0.684. The summed E-state index contributed by atoms with van der Waals surface area (Å²) in [7, 11) is 3.41. The van der Waals surface area contributed by atoms with E-state index in [1.165, 1.54) is 17.0 Å². The Bertz CT molecular complexity index is 515. The first-order valence-corrected chi connectivity index (χ1v) is 7.35. The van der Waals surface area contributed by atoms with Crippen molar-refractivity contribution in [3.8, 4) is 0 Å². The molecular weight excluding hydrogens is 283 g/mol. The molecule has 0 aliphatic rings. The van der Waals surface area contributed by atoms with Crippen molar-refractivity contribution < 1.29 is 9.18 Å². The lowest BCUT2D eigenvalue weighted by Gasteiger charge is -2.16. The molecule has 0 aliphatic carbocycles. The largest absolute Gasteiger partial charge is 0.356 e. The maximum absolute atomic E-state index is 13.2. The molecule has 1 aromatic carbocycles. The Morgan fingerprint density at radius 1 is 1.32 bits per heavy atom. The minimum atomic E-state index is -0.278. The summed E-state index contributed by atoms with van der Waals surface area (Å²) < 4.78 is 13.2. The van der Waals surface area contributed by atoms with Crippen molar-refractivity contribution in [3.63, 3.8) is 0 Å². The van der Waals surface area contributed by atoms with Gasteiger partial charge in [0.2, 0.25) is 5.91 Å². The van der Waals surface area contributed by atoms with Gasteiger partial charge in [-0.2, -0.15) is 0 Å². The summed E-state index contributed by atoms with van der Waals surface area (Å²) in [6, 6.07) is 6.33. The van der Waals surface area contributed by atoms with Gasteiger partial charge in [0.05, 0.1) is 13.1 Å². The predicted octanol–water partition coefficient (Wildman–Crippen LogP) is 1.61. The number of halogens is 1. The minimum Gasteiger partial charge on any atom is -0.356 e. The van der Waals surface area contributed by atoms with E-state index in [0.29, 0.717) is 18.4 Å². The highest BCUT2D eigenvalue weighted by molar-refractivity contribution is 5.86. The van der Waals surface area contributed by atoms with Crippen molar-refractivity contribution in [2.45, 2.75) is 20.4 Å². The van der Waals surface area contributed by atoms with Crippen LogP contribution in [-0.2, 0) is 11.3 Å². The first kappa shape index (κ1) is 17.9. The second-order valence-corrected chi connectivity index (χ2v) is 5.71. The van der Waals surface area contributed by atoms with E-state index in [-0.39, 0.29) is 18.3 Å². The van der Waals surface area contributed by atoms with Crippen LogP contribution in [0.15, 0.2) is 29.3 Å². The zero-order chi connectivity index (χ0) is 16.5. The molecule has 1 amide bonds. The van der Waals surface area contributed by atoms with Crippen LogP contribution in [0.3, 0.4) is 0 Å². The smallest absolute Gasteiger partial charge is 0.241 e. The highest BCUT2D eigenvalue weighted by Gasteiger charge is 2.06. The van der Waals surface area contributed by atoms with Gasteiger partial charge in [0.15, 0.2) is 5.96 Å². The lowest BCUT2D eigenvalue weighted by molar-refractivity contribution is -0.127. The van der Waals surface area contributed by atoms with E-state index in [0.717, 1.165) is 12.1 Å². The molecule has 1 aromatic rings. The third-order valence-corrected chi connectivity index (χ3v) is 2.89. The number of carbonyl (C=O) groups is 1. The third kappa shape index (κ3) is 7.06. The molecule has 6 heteroatoms. The molecule has 0 bridgehead atoms. The van der Waals surface area contributed by atoms with Gasteiger partial charge in [-0.05, 0) is 23.6 Å². The fourth-order valence-electron chi connectivity index (χ4n) is 1.60. The van der Waals surface area contributed by atoms with E-state index < -0.39 is 0 Å². The molecule has 0 aliphatic heterocycles. The molecule has 0 unspecified atom stereocenters. The Morgan fingerprint density at radius 3 is 2.64 bits per heavy atom. The number of guanidine groups is 1. The van der Waals surface area contributed by atoms with Crippen molar-refractivity contribution >= 4 is 11.9 Å². The zero-order valence-electron chi connectivity index (χ0n) is 13.7. The number of nitrogens with one attached hydrogen (secondary N) is 2. The molecular formula is C16H25FN4O. The van der Waals surface area contributed by atoms with Gasteiger partial charge in [0, 0.05) is 20.6 Å². The van der Waals surface area contributed by atoms with Gasteiger partial charge in [-0.15, -0.1) is 0 Å². The van der Waals surface area contributed by atoms with Crippen molar-refractivity contribution in [3.05, 3.63) is 35.6 Å². The van der Waals surface area contributed by atoms with Gasteiger partial charge in [-0.25, -0.2) is 9.38 Å². The Hall–Kier alpha value is -2.11. The van der Waals surface area contributed by atoms with Crippen LogP contribution in [0, 0.1) is 11.7 Å². The monoisotopic (exact) mass is 308 g/mol. The summed E-state index contributed by atoms with van der Waals surface area (Å²) in [4.78, 5) is 17.5. The van der Waals surface area contributed by atoms with Gasteiger partial charge in [-0.1, -0.05) is 26.0 Å². The quantitative estimate of drug-likeness (QED) is 0.620. The van der Waals surface area contributed by atoms with Gasteiger partial charge in [0.25, 0.3) is 0 Å². The lowest BCUT2D eigenvalue weighted by Crippen LogP contribution is -2.44. The van der Waals surface area contributed by atoms with Crippen molar-refractivity contribution in [2.75, 3.05) is 27.2 Å². The average molecular weight is 308 g/mol. The molecule has 22 heavy (non-hydrogen) atoms. The van der Waals surface area contributed by atoms with Crippen molar-refractivity contribution in [1.82, 2.24) is 15.5 Å². The maximum Gasteiger partial charge on any atom is 0.241 e. The van der Waals surface area contributed by atoms with Crippen molar-refractivity contribution in [2.24, 2.45) is 10.9 Å². The molecule has 0 saturated carbocycles. The van der Waals surface area contributed by atoms with Gasteiger partial charge >= 0.3 is 0 Å². The normalized spacial score (nSPS) is 11.5. The van der Waals surface area contributed by atoms with E-state index >= 15 is 0 Å². The van der Waals surface area contributed by atoms with Crippen LogP contribution < -0.4 is 10.6 Å². The molecule has 0 saturated heterocycles. The number of nitrogens with zero attached hydrogens (tertiary/aromatic N) is 2. The molecule has 2 N–H and O–H groups in total. The fraction of sp³-hybridized carbons (Fsp3) is 0.500. The highest BCUT2D eigenvalue weighted by atomic mass is 19.1. The number of carbonyl (C=O) groups excluding carboxylic acids is 1. The second-order valence-electron chi connectivity index (χ2n) is 5.71. The van der Waals surface area contributed by atoms with Gasteiger partial charge in [-0.3, -0.25) is 4.79 Å². The SMILES string of the molecule is CC(C)CNC(=NCc1cccc(F)c1)NCC(=O)N(C)C. The first-order valence-electron chi connectivity index (χ1n) is 7.35. The van der Waals surface area contributed by atoms with E-state index in [2.05, 4.69) is 29.5 Å². The minimum absolute atomic E-state index is 0.0372. The second kappa shape index (κ2) is 9.02. The molecule has 0 fully saturated rings. The number of hydrogen-bond donors (Lipinski definition) is 2. The Balaban J connectivity index is 2.66. The van der Waals surface area contributed by atoms with Crippen LogP contribution in [0.4, 0.5) is 4.39 Å². The molecule has 0 atom stereocenters. The molecule has 0 radical (unpaired) electrons. The van der Waals surface area contributed by atoms with Crippen LogP contribution in [0.25, 0.3) is 0 Å². The summed E-state index contributed by atoms with van der Waals surface area (Å²) in [5.41, 5.74) is 0.782. The van der Waals surface area contributed by atoms with Crippen molar-refractivity contribution in [1.29, 1.82) is 0 Å². The number of aliphatic imine (C=N–C) groups is 1. The Kier molecular flexibility index (Phi) is 7.36. The van der Waals surface area contributed by atoms with E-state index in [4.69, 9.17) is 0 Å². The molecule has 0 heterocycles. The number of rotatable bonds is 6. The van der Waals surface area contributed by atoms with E-state index in [1.54, 1.807) is 20.2 Å². The summed E-state index contributed by atoms with van der Waals surface area (Å²) in [6.07, 6.45) is 0. The topological polar surface area (TPSA) is 56.7 Å². The number of likely N-dealkylation sites (N-methyl/N-ethyl adjacent to an activating group) is 1. The maximum atomic E-state index is 13.2. The van der Waals surface area contributed by atoms with E-state index in [9.17, 15) is 9.18 Å². The van der Waals surface area contributed by atoms with Crippen LogP contribution in [0.1, 0.15) is 19.4 Å². The third-order valence-electron chi connectivity index (χ3n) is 2.89. The predicted molar refractivity (Wildman–Crippen MR) is 87.1 cm³/mol. The van der Waals surface area contributed by atoms with Gasteiger partial charge < -0.3 is 15.5 Å². The molecule has 1 rings (SSSR count). The number of hydrogen-bond acceptors (Lipinski definition) is 2. The summed E-state index contributed by atoms with van der Waals surface area (Å²) >= 11 is 0. The Labute approximate surface area is 131 Å². The van der Waals surface area contributed by atoms with E-state index in [1.807, 2.05) is 6.07 Å². The van der Waals surface area contributed by atoms with Crippen LogP contribution in [0.2, 0.25) is 0 Å². The summed E-state index contributed by atoms with van der Waals surface area (Å²) in [5, 5.41) is 6.17. The standard InChI is InChI=1S/C16H25FN4O/c1-12(2)9-18-16(20-11-15(22)21(3)4)19-10-13-6-5-7-14(17)8-13/h5-8,12H,9-11H2,1-4H3,(H2,18,19,20). The van der Waals surface area contributed by atoms with Crippen LogP contribution in [0.5, 0.6) is 0 Å². The Morgan fingerprint density at radius 2 is 2.05 bits per heavy atom. The summed E-state index contributed by atoms with van der Waals surface area (Å²) in [6.45, 7) is 5.43. The van der Waals surface area contributed by atoms with Gasteiger partial charge in [0.1, 0.15) is 5.82 Å². The average Bonchev–Trinajstić information content (AvgIpc) is 2.45. The van der Waals surface area contributed by atoms with Crippen LogP contribution in [-0.4, -0.2) is 44.0 Å². The fourth-order valence-corrected chi connectivity index (χ4v) is 1.60. The number of amides is 1. The molecule has 0 spiro atoms. The number of benzene rings is 1. The van der Waals surface area contributed by atoms with Crippen LogP contribution >= 0.6 is 0 Å². The zero-order valence-corrected chi connectivity index (χ0v) is 13.7. The first-order chi connectivity index (χ1) is 10.4. The molecule has 122 valence electrons. The highest BCUT2D eigenvalue weighted by Crippen LogP contribution is 2.04. The molecule has 5 nitrogen and oxygen atoms in total. The molecule has 0 aromatic heterocycles. The lowest BCUT2D eigenvalue weighted by atomic mass is 10.2.